The second-order valence-electron chi connectivity index (χ2n) is 7.70. The van der Waals surface area contributed by atoms with Crippen molar-refractivity contribution in [3.63, 3.8) is 0 Å². The smallest absolute Gasteiger partial charge is 0.302 e. The van der Waals surface area contributed by atoms with E-state index >= 15 is 0 Å². The monoisotopic (exact) mass is 296 g/mol. The summed E-state index contributed by atoms with van der Waals surface area (Å²) < 4.78 is 5.63. The molecule has 2 aliphatic rings. The van der Waals surface area contributed by atoms with E-state index in [2.05, 4.69) is 13.8 Å². The molecular formula is C17H28O4. The highest BCUT2D eigenvalue weighted by atomic mass is 16.5. The number of aliphatic hydroxyl groups is 1. The fourth-order valence-electron chi connectivity index (χ4n) is 4.62. The van der Waals surface area contributed by atoms with Gasteiger partial charge in [-0.2, -0.15) is 0 Å². The predicted octanol–water partition coefficient (Wildman–Crippen LogP) is 2.72. The number of fused-ring (bicyclic) bond motifs is 1. The molecule has 0 saturated heterocycles. The van der Waals surface area contributed by atoms with E-state index in [1.54, 1.807) is 6.92 Å². The first kappa shape index (κ1) is 16.5. The molecule has 5 atom stereocenters. The molecule has 1 unspecified atom stereocenters. The normalized spacial score (nSPS) is 43.6. The van der Waals surface area contributed by atoms with Crippen LogP contribution < -0.4 is 0 Å². The number of ether oxygens (including phenoxy) is 1. The van der Waals surface area contributed by atoms with Gasteiger partial charge in [0.25, 0.3) is 0 Å². The van der Waals surface area contributed by atoms with E-state index in [-0.39, 0.29) is 29.7 Å². The molecule has 0 aromatic carbocycles. The molecule has 2 aliphatic carbocycles. The highest BCUT2D eigenvalue weighted by molar-refractivity contribution is 5.86. The van der Waals surface area contributed by atoms with Crippen molar-refractivity contribution < 1.29 is 19.4 Å². The van der Waals surface area contributed by atoms with Crippen molar-refractivity contribution in [3.05, 3.63) is 0 Å². The predicted molar refractivity (Wildman–Crippen MR) is 79.6 cm³/mol. The first-order chi connectivity index (χ1) is 9.59. The summed E-state index contributed by atoms with van der Waals surface area (Å²) in [6.45, 7) is 9.37. The summed E-state index contributed by atoms with van der Waals surface area (Å²) in [5.41, 5.74) is -1.54. The average molecular weight is 296 g/mol. The molecule has 0 bridgehead atoms. The lowest BCUT2D eigenvalue weighted by Gasteiger charge is -2.56. The third kappa shape index (κ3) is 2.75. The highest BCUT2D eigenvalue weighted by Gasteiger charge is 2.60. The van der Waals surface area contributed by atoms with Gasteiger partial charge in [0.15, 0.2) is 0 Å². The van der Waals surface area contributed by atoms with Gasteiger partial charge in [0, 0.05) is 24.7 Å². The first-order valence-corrected chi connectivity index (χ1v) is 8.02. The van der Waals surface area contributed by atoms with E-state index in [4.69, 9.17) is 4.74 Å². The van der Waals surface area contributed by atoms with Crippen LogP contribution in [0.2, 0.25) is 0 Å². The fraction of sp³-hybridized carbons (Fsp3) is 0.882. The van der Waals surface area contributed by atoms with Gasteiger partial charge in [-0.1, -0.05) is 20.8 Å². The number of hydrogen-bond donors (Lipinski definition) is 1. The maximum Gasteiger partial charge on any atom is 0.302 e. The van der Waals surface area contributed by atoms with E-state index in [1.807, 2.05) is 6.92 Å². The molecule has 2 saturated carbocycles. The Kier molecular flexibility index (Phi) is 4.22. The Labute approximate surface area is 127 Å². The molecule has 21 heavy (non-hydrogen) atoms. The zero-order chi connectivity index (χ0) is 16.0. The van der Waals surface area contributed by atoms with E-state index < -0.39 is 11.0 Å². The molecule has 2 rings (SSSR count). The molecule has 2 fully saturated rings. The molecule has 0 radical (unpaired) electrons. The van der Waals surface area contributed by atoms with Crippen LogP contribution in [0.4, 0.5) is 0 Å². The van der Waals surface area contributed by atoms with Crippen LogP contribution in [0, 0.1) is 23.2 Å². The molecule has 1 N–H and O–H groups in total. The highest BCUT2D eigenvalue weighted by Crippen LogP contribution is 2.55. The second kappa shape index (κ2) is 5.38. The zero-order valence-electron chi connectivity index (χ0n) is 13.8. The molecule has 0 amide bonds. The van der Waals surface area contributed by atoms with Crippen LogP contribution in [0.1, 0.15) is 60.3 Å². The quantitative estimate of drug-likeness (QED) is 0.796. The minimum Gasteiger partial charge on any atom is -0.462 e. The Hall–Kier alpha value is -0.900. The SMILES string of the molecule is CC(=O)O[C@H]1C2[C@@](C)(CC[C@H]1C(C)C)C(=O)CC[C@@]2(C)O. The van der Waals surface area contributed by atoms with Gasteiger partial charge in [-0.25, -0.2) is 0 Å². The van der Waals surface area contributed by atoms with Crippen molar-refractivity contribution in [2.45, 2.75) is 72.0 Å². The lowest BCUT2D eigenvalue weighted by Crippen LogP contribution is -2.62. The fourth-order valence-corrected chi connectivity index (χ4v) is 4.62. The molecule has 0 aromatic rings. The van der Waals surface area contributed by atoms with Gasteiger partial charge in [-0.05, 0) is 38.0 Å². The van der Waals surface area contributed by atoms with Crippen molar-refractivity contribution in [1.29, 1.82) is 0 Å². The summed E-state index contributed by atoms with van der Waals surface area (Å²) in [7, 11) is 0. The van der Waals surface area contributed by atoms with Gasteiger partial charge in [-0.15, -0.1) is 0 Å². The van der Waals surface area contributed by atoms with Gasteiger partial charge in [-0.3, -0.25) is 9.59 Å². The molecule has 0 spiro atoms. The number of ketones is 1. The zero-order valence-corrected chi connectivity index (χ0v) is 13.8. The van der Waals surface area contributed by atoms with Crippen molar-refractivity contribution >= 4 is 11.8 Å². The van der Waals surface area contributed by atoms with Crippen LogP contribution in [0.5, 0.6) is 0 Å². The van der Waals surface area contributed by atoms with Gasteiger partial charge in [0.05, 0.1) is 5.60 Å². The summed E-state index contributed by atoms with van der Waals surface area (Å²) in [4.78, 5) is 24.1. The topological polar surface area (TPSA) is 63.6 Å². The minimum absolute atomic E-state index is 0.198. The molecule has 4 nitrogen and oxygen atoms in total. The van der Waals surface area contributed by atoms with Crippen molar-refractivity contribution in [2.24, 2.45) is 23.2 Å². The molecule has 120 valence electrons. The maximum atomic E-state index is 12.5. The van der Waals surface area contributed by atoms with Crippen LogP contribution in [0.15, 0.2) is 0 Å². The minimum atomic E-state index is -0.962. The van der Waals surface area contributed by atoms with Crippen LogP contribution in [0.25, 0.3) is 0 Å². The van der Waals surface area contributed by atoms with Crippen molar-refractivity contribution in [1.82, 2.24) is 0 Å². The standard InChI is InChI=1S/C17H28O4/c1-10(2)12-6-8-16(4)13(19)7-9-17(5,20)15(16)14(12)21-11(3)18/h10,12,14-15,20H,6-9H2,1-5H3/t12-,14+,15?,16-,17+/m0/s1. The van der Waals surface area contributed by atoms with Crippen LogP contribution >= 0.6 is 0 Å². The van der Waals surface area contributed by atoms with Crippen molar-refractivity contribution in [2.75, 3.05) is 0 Å². The van der Waals surface area contributed by atoms with E-state index in [0.717, 1.165) is 12.8 Å². The molecule has 0 heterocycles. The van der Waals surface area contributed by atoms with Crippen LogP contribution in [0.3, 0.4) is 0 Å². The number of rotatable bonds is 2. The van der Waals surface area contributed by atoms with E-state index in [9.17, 15) is 14.7 Å². The maximum absolute atomic E-state index is 12.5. The molecule has 0 aromatic heterocycles. The Morgan fingerprint density at radius 1 is 1.33 bits per heavy atom. The molecule has 4 heteroatoms. The van der Waals surface area contributed by atoms with E-state index in [1.165, 1.54) is 6.92 Å². The summed E-state index contributed by atoms with van der Waals surface area (Å²) in [5.74, 6) is 0.120. The Balaban J connectivity index is 2.45. The van der Waals surface area contributed by atoms with Gasteiger partial charge >= 0.3 is 5.97 Å². The summed E-state index contributed by atoms with van der Waals surface area (Å²) in [6, 6.07) is 0. The summed E-state index contributed by atoms with van der Waals surface area (Å²) in [6.07, 6.45) is 2.13. The number of carbonyl (C=O) groups excluding carboxylic acids is 2. The summed E-state index contributed by atoms with van der Waals surface area (Å²) >= 11 is 0. The van der Waals surface area contributed by atoms with Crippen LogP contribution in [-0.4, -0.2) is 28.6 Å². The lowest BCUT2D eigenvalue weighted by atomic mass is 9.51. The van der Waals surface area contributed by atoms with Crippen molar-refractivity contribution in [3.8, 4) is 0 Å². The average Bonchev–Trinajstić information content (AvgIpc) is 2.33. The van der Waals surface area contributed by atoms with Gasteiger partial charge in [0.1, 0.15) is 11.9 Å². The third-order valence-corrected chi connectivity index (χ3v) is 5.76. The first-order valence-electron chi connectivity index (χ1n) is 8.02. The number of esters is 1. The third-order valence-electron chi connectivity index (χ3n) is 5.76. The molecule has 0 aliphatic heterocycles. The molecular weight excluding hydrogens is 268 g/mol. The number of Topliss-reactive ketones (excluding diaryl/α,β-unsaturated/α-hetero) is 1. The Morgan fingerprint density at radius 3 is 2.48 bits per heavy atom. The number of carbonyl (C=O) groups is 2. The largest absolute Gasteiger partial charge is 0.462 e. The second-order valence-corrected chi connectivity index (χ2v) is 7.70. The Morgan fingerprint density at radius 2 is 1.95 bits per heavy atom. The van der Waals surface area contributed by atoms with Crippen LogP contribution in [-0.2, 0) is 14.3 Å². The Bertz CT molecular complexity index is 440. The lowest BCUT2D eigenvalue weighted by molar-refractivity contribution is -0.203. The van der Waals surface area contributed by atoms with E-state index in [0.29, 0.717) is 18.8 Å². The van der Waals surface area contributed by atoms with Gasteiger partial charge < -0.3 is 9.84 Å². The number of hydrogen-bond acceptors (Lipinski definition) is 4. The van der Waals surface area contributed by atoms with Gasteiger partial charge in [0.2, 0.25) is 0 Å². The summed E-state index contributed by atoms with van der Waals surface area (Å²) in [5, 5.41) is 10.9.